The van der Waals surface area contributed by atoms with Crippen molar-refractivity contribution in [3.8, 4) is 0 Å². The second-order valence-electron chi connectivity index (χ2n) is 6.17. The van der Waals surface area contributed by atoms with Crippen LogP contribution in [0.3, 0.4) is 0 Å². The van der Waals surface area contributed by atoms with E-state index in [0.29, 0.717) is 6.54 Å². The minimum atomic E-state index is 0.0369. The topological polar surface area (TPSA) is 43.8 Å². The molecule has 4 heteroatoms. The molecular weight excluding hydrogens is 270 g/mol. The maximum atomic E-state index is 5.99. The maximum Gasteiger partial charge on any atom is 0.0681 e. The minimum absolute atomic E-state index is 0.0369. The standard InChI is InChI=1S/C16H22ClN3/c1-16(2,3)15-9-14(20(4)19-15)13(10-18)11-5-7-12(17)8-6-11/h5-9,13H,10,18H2,1-4H3. The van der Waals surface area contributed by atoms with Crippen LogP contribution < -0.4 is 5.73 Å². The molecule has 0 spiro atoms. The van der Waals surface area contributed by atoms with Crippen LogP contribution in [0.15, 0.2) is 30.3 Å². The van der Waals surface area contributed by atoms with E-state index < -0.39 is 0 Å². The molecule has 1 atom stereocenters. The van der Waals surface area contributed by atoms with E-state index >= 15 is 0 Å². The number of nitrogens with two attached hydrogens (primary N) is 1. The second kappa shape index (κ2) is 5.58. The predicted molar refractivity (Wildman–Crippen MR) is 84.3 cm³/mol. The Hall–Kier alpha value is -1.32. The second-order valence-corrected chi connectivity index (χ2v) is 6.60. The monoisotopic (exact) mass is 291 g/mol. The third-order valence-electron chi connectivity index (χ3n) is 3.55. The normalized spacial score (nSPS) is 13.5. The third kappa shape index (κ3) is 3.05. The van der Waals surface area contributed by atoms with E-state index in [9.17, 15) is 0 Å². The molecule has 0 saturated carbocycles. The SMILES string of the molecule is Cn1nc(C(C)(C)C)cc1C(CN)c1ccc(Cl)cc1. The lowest BCUT2D eigenvalue weighted by Gasteiger charge is -2.16. The van der Waals surface area contributed by atoms with E-state index in [1.54, 1.807) is 0 Å². The van der Waals surface area contributed by atoms with Crippen LogP contribution in [0.2, 0.25) is 5.02 Å². The lowest BCUT2D eigenvalue weighted by molar-refractivity contribution is 0.550. The number of hydrogen-bond acceptors (Lipinski definition) is 2. The van der Waals surface area contributed by atoms with E-state index in [1.165, 1.54) is 5.56 Å². The van der Waals surface area contributed by atoms with Gasteiger partial charge in [0.15, 0.2) is 0 Å². The molecule has 0 radical (unpaired) electrons. The van der Waals surface area contributed by atoms with Crippen LogP contribution in [0.25, 0.3) is 0 Å². The van der Waals surface area contributed by atoms with Gasteiger partial charge in [-0.3, -0.25) is 4.68 Å². The smallest absolute Gasteiger partial charge is 0.0681 e. The maximum absolute atomic E-state index is 5.99. The highest BCUT2D eigenvalue weighted by Crippen LogP contribution is 2.28. The molecule has 3 nitrogen and oxygen atoms in total. The first-order chi connectivity index (χ1) is 9.32. The summed E-state index contributed by atoms with van der Waals surface area (Å²) >= 11 is 5.95. The molecule has 1 aromatic heterocycles. The van der Waals surface area contributed by atoms with Crippen LogP contribution >= 0.6 is 11.6 Å². The van der Waals surface area contributed by atoms with Crippen LogP contribution in [0.5, 0.6) is 0 Å². The average molecular weight is 292 g/mol. The van der Waals surface area contributed by atoms with Gasteiger partial charge in [0.2, 0.25) is 0 Å². The fourth-order valence-electron chi connectivity index (χ4n) is 2.30. The van der Waals surface area contributed by atoms with Gasteiger partial charge in [0.1, 0.15) is 0 Å². The van der Waals surface area contributed by atoms with Gasteiger partial charge < -0.3 is 5.73 Å². The van der Waals surface area contributed by atoms with Gasteiger partial charge in [-0.1, -0.05) is 44.5 Å². The van der Waals surface area contributed by atoms with Crippen LogP contribution in [-0.4, -0.2) is 16.3 Å². The van der Waals surface area contributed by atoms with Gasteiger partial charge >= 0.3 is 0 Å². The Balaban J connectivity index is 2.42. The zero-order valence-electron chi connectivity index (χ0n) is 12.5. The summed E-state index contributed by atoms with van der Waals surface area (Å²) < 4.78 is 1.94. The van der Waals surface area contributed by atoms with Crippen molar-refractivity contribution in [3.63, 3.8) is 0 Å². The fourth-order valence-corrected chi connectivity index (χ4v) is 2.42. The van der Waals surface area contributed by atoms with Gasteiger partial charge in [-0.05, 0) is 23.8 Å². The summed E-state index contributed by atoms with van der Waals surface area (Å²) in [6.07, 6.45) is 0. The summed E-state index contributed by atoms with van der Waals surface area (Å²) in [5.74, 6) is 0.140. The minimum Gasteiger partial charge on any atom is -0.329 e. The summed E-state index contributed by atoms with van der Waals surface area (Å²) in [6.45, 7) is 7.04. The predicted octanol–water partition coefficient (Wildman–Crippen LogP) is 3.46. The Morgan fingerprint density at radius 2 is 1.85 bits per heavy atom. The van der Waals surface area contributed by atoms with Crippen molar-refractivity contribution < 1.29 is 0 Å². The zero-order valence-corrected chi connectivity index (χ0v) is 13.3. The number of aryl methyl sites for hydroxylation is 1. The van der Waals surface area contributed by atoms with Gasteiger partial charge in [-0.2, -0.15) is 5.10 Å². The van der Waals surface area contributed by atoms with Gasteiger partial charge in [0.05, 0.1) is 5.69 Å². The highest BCUT2D eigenvalue weighted by atomic mass is 35.5. The lowest BCUT2D eigenvalue weighted by atomic mass is 9.90. The Morgan fingerprint density at radius 3 is 2.30 bits per heavy atom. The molecule has 0 aliphatic rings. The Labute approximate surface area is 125 Å². The Kier molecular flexibility index (Phi) is 4.21. The van der Waals surface area contributed by atoms with Crippen molar-refractivity contribution in [1.29, 1.82) is 0 Å². The summed E-state index contributed by atoms with van der Waals surface area (Å²) in [5, 5.41) is 5.37. The number of benzene rings is 1. The molecule has 2 rings (SSSR count). The van der Waals surface area contributed by atoms with Gasteiger partial charge in [-0.15, -0.1) is 0 Å². The van der Waals surface area contributed by atoms with Gasteiger partial charge in [-0.25, -0.2) is 0 Å². The number of nitrogens with zero attached hydrogens (tertiary/aromatic N) is 2. The van der Waals surface area contributed by atoms with Crippen molar-refractivity contribution in [3.05, 3.63) is 52.3 Å². The zero-order chi connectivity index (χ0) is 14.9. The number of rotatable bonds is 3. The molecule has 1 aromatic carbocycles. The first kappa shape index (κ1) is 15.1. The van der Waals surface area contributed by atoms with E-state index in [-0.39, 0.29) is 11.3 Å². The molecule has 0 fully saturated rings. The quantitative estimate of drug-likeness (QED) is 0.941. The van der Waals surface area contributed by atoms with Crippen LogP contribution in [-0.2, 0) is 12.5 Å². The summed E-state index contributed by atoms with van der Waals surface area (Å²) in [7, 11) is 1.98. The van der Waals surface area contributed by atoms with Crippen LogP contribution in [0, 0.1) is 0 Å². The molecule has 108 valence electrons. The first-order valence-corrected chi connectivity index (χ1v) is 7.20. The fraction of sp³-hybridized carbons (Fsp3) is 0.438. The summed E-state index contributed by atoms with van der Waals surface area (Å²) in [4.78, 5) is 0. The van der Waals surface area contributed by atoms with Gasteiger partial charge in [0.25, 0.3) is 0 Å². The summed E-state index contributed by atoms with van der Waals surface area (Å²) in [6, 6.07) is 10.0. The highest BCUT2D eigenvalue weighted by molar-refractivity contribution is 6.30. The number of hydrogen-bond donors (Lipinski definition) is 1. The molecule has 0 saturated heterocycles. The molecule has 0 aliphatic carbocycles. The molecular formula is C16H22ClN3. The largest absolute Gasteiger partial charge is 0.329 e. The number of aromatic nitrogens is 2. The lowest BCUT2D eigenvalue weighted by Crippen LogP contribution is -2.16. The molecule has 20 heavy (non-hydrogen) atoms. The molecule has 0 amide bonds. The average Bonchev–Trinajstić information content (AvgIpc) is 2.75. The molecule has 0 aliphatic heterocycles. The molecule has 2 N–H and O–H groups in total. The molecule has 1 unspecified atom stereocenters. The molecule has 2 aromatic rings. The van der Waals surface area contributed by atoms with E-state index in [1.807, 2.05) is 36.0 Å². The van der Waals surface area contributed by atoms with E-state index in [2.05, 4.69) is 31.9 Å². The van der Waals surface area contributed by atoms with Crippen molar-refractivity contribution in [2.24, 2.45) is 12.8 Å². The van der Waals surface area contributed by atoms with E-state index in [4.69, 9.17) is 17.3 Å². The first-order valence-electron chi connectivity index (χ1n) is 6.83. The van der Waals surface area contributed by atoms with Crippen molar-refractivity contribution in [2.45, 2.75) is 32.1 Å². The number of halogens is 1. The van der Waals surface area contributed by atoms with Crippen LogP contribution in [0.1, 0.15) is 43.6 Å². The van der Waals surface area contributed by atoms with Crippen molar-refractivity contribution >= 4 is 11.6 Å². The van der Waals surface area contributed by atoms with Crippen molar-refractivity contribution in [2.75, 3.05) is 6.54 Å². The highest BCUT2D eigenvalue weighted by Gasteiger charge is 2.23. The molecule has 1 heterocycles. The Morgan fingerprint density at radius 1 is 1.25 bits per heavy atom. The van der Waals surface area contributed by atoms with Crippen molar-refractivity contribution in [1.82, 2.24) is 9.78 Å². The van der Waals surface area contributed by atoms with E-state index in [0.717, 1.165) is 16.4 Å². The molecule has 0 bridgehead atoms. The van der Waals surface area contributed by atoms with Crippen LogP contribution in [0.4, 0.5) is 0 Å². The third-order valence-corrected chi connectivity index (χ3v) is 3.80. The van der Waals surface area contributed by atoms with Gasteiger partial charge in [0, 0.05) is 35.6 Å². The summed E-state index contributed by atoms with van der Waals surface area (Å²) in [5.41, 5.74) is 9.42. The Bertz CT molecular complexity index is 579.